The highest BCUT2D eigenvalue weighted by molar-refractivity contribution is 5.44. The van der Waals surface area contributed by atoms with Gasteiger partial charge < -0.3 is 4.90 Å². The van der Waals surface area contributed by atoms with E-state index in [1.54, 1.807) is 0 Å². The molecular formula is C10H14N6. The van der Waals surface area contributed by atoms with Gasteiger partial charge in [-0.3, -0.25) is 0 Å². The van der Waals surface area contributed by atoms with E-state index >= 15 is 0 Å². The van der Waals surface area contributed by atoms with E-state index in [1.165, 1.54) is 17.5 Å². The Bertz CT molecular complexity index is 493. The lowest BCUT2D eigenvalue weighted by Crippen LogP contribution is -2.35. The van der Waals surface area contributed by atoms with E-state index in [0.29, 0.717) is 5.65 Å². The Morgan fingerprint density at radius 2 is 2.31 bits per heavy atom. The zero-order valence-corrected chi connectivity index (χ0v) is 9.24. The van der Waals surface area contributed by atoms with Crippen LogP contribution in [0.25, 0.3) is 5.65 Å². The molecule has 1 atom stereocenters. The highest BCUT2D eigenvalue weighted by atomic mass is 15.6. The maximum atomic E-state index is 4.40. The summed E-state index contributed by atoms with van der Waals surface area (Å²) in [7, 11) is 0. The van der Waals surface area contributed by atoms with Gasteiger partial charge >= 0.3 is 0 Å². The van der Waals surface area contributed by atoms with E-state index in [2.05, 4.69) is 32.4 Å². The molecule has 3 heterocycles. The molecule has 0 N–H and O–H groups in total. The van der Waals surface area contributed by atoms with E-state index in [0.717, 1.165) is 24.8 Å². The molecule has 0 spiro atoms. The van der Waals surface area contributed by atoms with Crippen LogP contribution in [0.1, 0.15) is 19.8 Å². The van der Waals surface area contributed by atoms with Gasteiger partial charge in [-0.05, 0) is 41.3 Å². The standard InChI is InChI=1S/C10H14N6/c1-8-3-2-6-15(7-8)10-5-4-9-11-13-14-16(9)12-10/h4-5,8H,2-3,6-7H2,1H3. The van der Waals surface area contributed by atoms with E-state index in [-0.39, 0.29) is 0 Å². The minimum atomic E-state index is 0.689. The highest BCUT2D eigenvalue weighted by Gasteiger charge is 2.18. The Kier molecular flexibility index (Phi) is 2.19. The van der Waals surface area contributed by atoms with Gasteiger partial charge in [0.2, 0.25) is 0 Å². The summed E-state index contributed by atoms with van der Waals surface area (Å²) >= 11 is 0. The average molecular weight is 218 g/mol. The summed E-state index contributed by atoms with van der Waals surface area (Å²) in [6, 6.07) is 3.89. The van der Waals surface area contributed by atoms with Gasteiger partial charge in [0.15, 0.2) is 11.5 Å². The Balaban J connectivity index is 1.92. The molecule has 0 saturated carbocycles. The van der Waals surface area contributed by atoms with Crippen LogP contribution in [0.15, 0.2) is 12.1 Å². The third-order valence-corrected chi connectivity index (χ3v) is 3.04. The Morgan fingerprint density at radius 1 is 1.38 bits per heavy atom. The van der Waals surface area contributed by atoms with Crippen molar-refractivity contribution in [3.05, 3.63) is 12.1 Å². The van der Waals surface area contributed by atoms with Crippen molar-refractivity contribution in [3.63, 3.8) is 0 Å². The zero-order valence-electron chi connectivity index (χ0n) is 9.24. The summed E-state index contributed by atoms with van der Waals surface area (Å²) in [5, 5.41) is 15.6. The Morgan fingerprint density at radius 3 is 3.19 bits per heavy atom. The molecule has 84 valence electrons. The van der Waals surface area contributed by atoms with Gasteiger partial charge in [-0.15, -0.1) is 14.8 Å². The van der Waals surface area contributed by atoms with Crippen LogP contribution >= 0.6 is 0 Å². The molecule has 0 bridgehead atoms. The van der Waals surface area contributed by atoms with Crippen LogP contribution in [0.5, 0.6) is 0 Å². The molecule has 2 aromatic heterocycles. The fraction of sp³-hybridized carbons (Fsp3) is 0.600. The van der Waals surface area contributed by atoms with Crippen molar-refractivity contribution in [1.29, 1.82) is 0 Å². The van der Waals surface area contributed by atoms with Crippen LogP contribution in [0.2, 0.25) is 0 Å². The van der Waals surface area contributed by atoms with Crippen LogP contribution in [-0.4, -0.2) is 38.3 Å². The highest BCUT2D eigenvalue weighted by Crippen LogP contribution is 2.20. The third kappa shape index (κ3) is 1.60. The van der Waals surface area contributed by atoms with Gasteiger partial charge in [0.05, 0.1) is 0 Å². The number of anilines is 1. The van der Waals surface area contributed by atoms with Crippen LogP contribution in [-0.2, 0) is 0 Å². The quantitative estimate of drug-likeness (QED) is 0.707. The summed E-state index contributed by atoms with van der Waals surface area (Å²) < 4.78 is 1.48. The summed E-state index contributed by atoms with van der Waals surface area (Å²) in [6.07, 6.45) is 2.54. The summed E-state index contributed by atoms with van der Waals surface area (Å²) in [5.74, 6) is 1.70. The van der Waals surface area contributed by atoms with Crippen molar-refractivity contribution in [2.24, 2.45) is 5.92 Å². The van der Waals surface area contributed by atoms with Crippen molar-refractivity contribution < 1.29 is 0 Å². The lowest BCUT2D eigenvalue weighted by atomic mass is 10.0. The summed E-state index contributed by atoms with van der Waals surface area (Å²) in [6.45, 7) is 4.42. The van der Waals surface area contributed by atoms with Crippen molar-refractivity contribution in [2.45, 2.75) is 19.8 Å². The van der Waals surface area contributed by atoms with Gasteiger partial charge in [-0.25, -0.2) is 0 Å². The van der Waals surface area contributed by atoms with Crippen molar-refractivity contribution in [2.75, 3.05) is 18.0 Å². The second-order valence-electron chi connectivity index (χ2n) is 4.41. The summed E-state index contributed by atoms with van der Waals surface area (Å²) in [5.41, 5.74) is 0.689. The molecule has 0 amide bonds. The molecule has 0 aliphatic carbocycles. The predicted molar refractivity (Wildman–Crippen MR) is 59.2 cm³/mol. The fourth-order valence-corrected chi connectivity index (χ4v) is 2.21. The van der Waals surface area contributed by atoms with Gasteiger partial charge in [-0.2, -0.15) is 0 Å². The largest absolute Gasteiger partial charge is 0.355 e. The maximum absolute atomic E-state index is 4.40. The normalized spacial score (nSPS) is 21.6. The van der Waals surface area contributed by atoms with Gasteiger partial charge in [0.25, 0.3) is 0 Å². The van der Waals surface area contributed by atoms with Crippen molar-refractivity contribution in [1.82, 2.24) is 25.3 Å². The molecule has 1 unspecified atom stereocenters. The lowest BCUT2D eigenvalue weighted by Gasteiger charge is -2.31. The number of hydrogen-bond acceptors (Lipinski definition) is 5. The zero-order chi connectivity index (χ0) is 11.0. The fourth-order valence-electron chi connectivity index (χ4n) is 2.21. The van der Waals surface area contributed by atoms with Crippen molar-refractivity contribution >= 4 is 11.5 Å². The molecule has 2 aromatic rings. The molecule has 0 radical (unpaired) electrons. The molecule has 6 heteroatoms. The molecule has 0 aromatic carbocycles. The summed E-state index contributed by atoms with van der Waals surface area (Å²) in [4.78, 5) is 2.30. The first-order chi connectivity index (χ1) is 7.83. The lowest BCUT2D eigenvalue weighted by molar-refractivity contribution is 0.442. The molecule has 6 nitrogen and oxygen atoms in total. The van der Waals surface area contributed by atoms with Crippen LogP contribution in [0.3, 0.4) is 0 Å². The number of piperidine rings is 1. The van der Waals surface area contributed by atoms with Gasteiger partial charge in [0, 0.05) is 13.1 Å². The maximum Gasteiger partial charge on any atom is 0.200 e. The number of aromatic nitrogens is 5. The van der Waals surface area contributed by atoms with E-state index in [9.17, 15) is 0 Å². The number of nitrogens with zero attached hydrogens (tertiary/aromatic N) is 6. The van der Waals surface area contributed by atoms with Crippen molar-refractivity contribution in [3.8, 4) is 0 Å². The average Bonchev–Trinajstić information content (AvgIpc) is 2.75. The van der Waals surface area contributed by atoms with Crippen LogP contribution in [0, 0.1) is 5.92 Å². The Hall–Kier alpha value is -1.72. The molecule has 16 heavy (non-hydrogen) atoms. The topological polar surface area (TPSA) is 59.2 Å². The smallest absolute Gasteiger partial charge is 0.200 e. The number of tetrazole rings is 1. The second-order valence-corrected chi connectivity index (χ2v) is 4.41. The molecule has 1 aliphatic rings. The van der Waals surface area contributed by atoms with E-state index in [1.807, 2.05) is 12.1 Å². The Labute approximate surface area is 93.2 Å². The minimum Gasteiger partial charge on any atom is -0.355 e. The number of fused-ring (bicyclic) bond motifs is 1. The molecule has 1 aliphatic heterocycles. The second kappa shape index (κ2) is 3.70. The first-order valence-corrected chi connectivity index (χ1v) is 5.63. The first kappa shape index (κ1) is 9.50. The molecule has 1 fully saturated rings. The van der Waals surface area contributed by atoms with E-state index in [4.69, 9.17) is 0 Å². The molecule has 1 saturated heterocycles. The third-order valence-electron chi connectivity index (χ3n) is 3.04. The SMILES string of the molecule is CC1CCCN(c2ccc3nnnn3n2)C1. The monoisotopic (exact) mass is 218 g/mol. The molecular weight excluding hydrogens is 204 g/mol. The number of rotatable bonds is 1. The molecule has 3 rings (SSSR count). The minimum absolute atomic E-state index is 0.689. The first-order valence-electron chi connectivity index (χ1n) is 5.63. The van der Waals surface area contributed by atoms with Crippen LogP contribution in [0.4, 0.5) is 5.82 Å². The number of hydrogen-bond donors (Lipinski definition) is 0. The van der Waals surface area contributed by atoms with E-state index < -0.39 is 0 Å². The predicted octanol–water partition coefficient (Wildman–Crippen LogP) is 0.756. The van der Waals surface area contributed by atoms with Gasteiger partial charge in [0.1, 0.15) is 0 Å². The van der Waals surface area contributed by atoms with Gasteiger partial charge in [-0.1, -0.05) is 6.92 Å². The van der Waals surface area contributed by atoms with Crippen LogP contribution < -0.4 is 4.90 Å².